The lowest BCUT2D eigenvalue weighted by Crippen LogP contribution is -3.05. The SMILES string of the molecule is COc1cc(C(C[NH+]([O-])O)SC(C)=O)ccc1OCc1ccccc1. The Bertz CT molecular complexity index is 693. The number of thioether (sulfide) groups is 1. The molecule has 0 aliphatic rings. The summed E-state index contributed by atoms with van der Waals surface area (Å²) in [6.07, 6.45) is 0. The molecule has 2 N–H and O–H groups in total. The molecule has 0 aromatic heterocycles. The zero-order valence-corrected chi connectivity index (χ0v) is 14.9. The van der Waals surface area contributed by atoms with Crippen molar-refractivity contribution in [2.75, 3.05) is 13.7 Å². The summed E-state index contributed by atoms with van der Waals surface area (Å²) in [6, 6.07) is 15.0. The second-order valence-electron chi connectivity index (χ2n) is 5.38. The monoisotopic (exact) mass is 363 g/mol. The first-order valence-electron chi connectivity index (χ1n) is 7.73. The van der Waals surface area contributed by atoms with Crippen LogP contribution < -0.4 is 14.7 Å². The van der Waals surface area contributed by atoms with Gasteiger partial charge in [-0.2, -0.15) is 0 Å². The summed E-state index contributed by atoms with van der Waals surface area (Å²) >= 11 is 1.00. The maximum absolute atomic E-state index is 11.4. The summed E-state index contributed by atoms with van der Waals surface area (Å²) in [6.45, 7) is 1.68. The highest BCUT2D eigenvalue weighted by atomic mass is 32.2. The van der Waals surface area contributed by atoms with Crippen molar-refractivity contribution in [1.82, 2.24) is 0 Å². The summed E-state index contributed by atoms with van der Waals surface area (Å²) in [5, 5.41) is 18.6. The number of nitrogens with one attached hydrogen (secondary N) is 1. The second-order valence-corrected chi connectivity index (χ2v) is 6.76. The minimum Gasteiger partial charge on any atom is -0.600 e. The maximum atomic E-state index is 11.4. The smallest absolute Gasteiger partial charge is 0.186 e. The maximum Gasteiger partial charge on any atom is 0.186 e. The van der Waals surface area contributed by atoms with Crippen molar-refractivity contribution >= 4 is 16.9 Å². The quantitative estimate of drug-likeness (QED) is 0.701. The molecule has 0 saturated heterocycles. The molecule has 0 aliphatic heterocycles. The van der Waals surface area contributed by atoms with Crippen LogP contribution in [0.15, 0.2) is 48.5 Å². The lowest BCUT2D eigenvalue weighted by molar-refractivity contribution is -1.05. The van der Waals surface area contributed by atoms with Crippen molar-refractivity contribution in [3.05, 3.63) is 64.9 Å². The number of hydrogen-bond acceptors (Lipinski definition) is 6. The van der Waals surface area contributed by atoms with Crippen molar-refractivity contribution in [2.45, 2.75) is 18.8 Å². The summed E-state index contributed by atoms with van der Waals surface area (Å²) < 4.78 is 11.2. The minimum atomic E-state index is -0.956. The van der Waals surface area contributed by atoms with Crippen molar-refractivity contribution in [1.29, 1.82) is 0 Å². The topological polar surface area (TPSA) is 83.3 Å². The van der Waals surface area contributed by atoms with Crippen LogP contribution in [0.4, 0.5) is 0 Å². The number of methoxy groups -OCH3 is 1. The molecular weight excluding hydrogens is 342 g/mol. The molecule has 2 atom stereocenters. The van der Waals surface area contributed by atoms with Gasteiger partial charge in [0.25, 0.3) is 0 Å². The van der Waals surface area contributed by atoms with Crippen LogP contribution in [0.2, 0.25) is 0 Å². The molecule has 2 rings (SSSR count). The van der Waals surface area contributed by atoms with Crippen molar-refractivity contribution in [3.63, 3.8) is 0 Å². The van der Waals surface area contributed by atoms with Gasteiger partial charge in [-0.25, -0.2) is 10.4 Å². The first-order valence-corrected chi connectivity index (χ1v) is 8.61. The average Bonchev–Trinajstić information content (AvgIpc) is 2.59. The van der Waals surface area contributed by atoms with E-state index in [1.807, 2.05) is 30.3 Å². The molecule has 0 aliphatic carbocycles. The summed E-state index contributed by atoms with van der Waals surface area (Å²) in [5.74, 6) is 1.07. The third-order valence-corrected chi connectivity index (χ3v) is 4.52. The van der Waals surface area contributed by atoms with Gasteiger partial charge in [0, 0.05) is 6.92 Å². The molecular formula is C18H21NO5S. The van der Waals surface area contributed by atoms with Gasteiger partial charge in [0.1, 0.15) is 13.2 Å². The van der Waals surface area contributed by atoms with Crippen LogP contribution in [0, 0.1) is 5.21 Å². The summed E-state index contributed by atoms with van der Waals surface area (Å²) in [5.41, 5.74) is 1.75. The van der Waals surface area contributed by atoms with E-state index in [1.54, 1.807) is 18.2 Å². The molecule has 25 heavy (non-hydrogen) atoms. The van der Waals surface area contributed by atoms with E-state index < -0.39 is 10.5 Å². The molecule has 6 nitrogen and oxygen atoms in total. The molecule has 0 bridgehead atoms. The lowest BCUT2D eigenvalue weighted by Gasteiger charge is -2.21. The van der Waals surface area contributed by atoms with Crippen LogP contribution in [-0.4, -0.2) is 24.0 Å². The standard InChI is InChI=1S/C18H21NO5S/c1-13(20)25-18(11-19(21)22)15-8-9-16(17(10-15)23-2)24-12-14-6-4-3-5-7-14/h3-10,18-19,21H,11-12H2,1-2H3. The number of carbonyl (C=O) groups excluding carboxylic acids is 1. The zero-order chi connectivity index (χ0) is 18.2. The normalized spacial score (nSPS) is 13.1. The Hall–Kier alpha value is -2.06. The van der Waals surface area contributed by atoms with E-state index in [9.17, 15) is 10.0 Å². The first-order chi connectivity index (χ1) is 12.0. The minimum absolute atomic E-state index is 0.130. The predicted molar refractivity (Wildman–Crippen MR) is 95.8 cm³/mol. The van der Waals surface area contributed by atoms with Crippen LogP contribution in [-0.2, 0) is 11.4 Å². The van der Waals surface area contributed by atoms with Crippen molar-refractivity contribution < 1.29 is 24.7 Å². The molecule has 7 heteroatoms. The molecule has 134 valence electrons. The number of carbonyl (C=O) groups is 1. The van der Waals surface area contributed by atoms with E-state index in [0.29, 0.717) is 23.7 Å². The molecule has 2 aromatic rings. The number of quaternary nitrogens is 1. The van der Waals surface area contributed by atoms with Crippen LogP contribution in [0.3, 0.4) is 0 Å². The van der Waals surface area contributed by atoms with E-state index in [4.69, 9.17) is 14.7 Å². The van der Waals surface area contributed by atoms with Gasteiger partial charge >= 0.3 is 0 Å². The summed E-state index contributed by atoms with van der Waals surface area (Å²) in [4.78, 5) is 11.4. The molecule has 0 amide bonds. The summed E-state index contributed by atoms with van der Waals surface area (Å²) in [7, 11) is 1.53. The molecule has 0 radical (unpaired) electrons. The third-order valence-electron chi connectivity index (χ3n) is 3.46. The molecule has 0 heterocycles. The van der Waals surface area contributed by atoms with Gasteiger partial charge in [0.2, 0.25) is 0 Å². The number of benzene rings is 2. The van der Waals surface area contributed by atoms with E-state index in [-0.39, 0.29) is 11.7 Å². The first kappa shape index (κ1) is 19.3. The van der Waals surface area contributed by atoms with Gasteiger partial charge in [0.05, 0.1) is 12.4 Å². The fourth-order valence-corrected chi connectivity index (χ4v) is 3.23. The van der Waals surface area contributed by atoms with E-state index in [2.05, 4.69) is 0 Å². The van der Waals surface area contributed by atoms with Gasteiger partial charge in [-0.05, 0) is 23.3 Å². The zero-order valence-electron chi connectivity index (χ0n) is 14.1. The van der Waals surface area contributed by atoms with Crippen LogP contribution in [0.25, 0.3) is 0 Å². The van der Waals surface area contributed by atoms with E-state index in [1.165, 1.54) is 14.0 Å². The van der Waals surface area contributed by atoms with Crippen LogP contribution >= 0.6 is 11.8 Å². The molecule has 0 fully saturated rings. The van der Waals surface area contributed by atoms with E-state index >= 15 is 0 Å². The molecule has 0 saturated carbocycles. The van der Waals surface area contributed by atoms with Crippen molar-refractivity contribution in [3.8, 4) is 11.5 Å². The Labute approximate surface area is 150 Å². The van der Waals surface area contributed by atoms with Gasteiger partial charge < -0.3 is 14.7 Å². The van der Waals surface area contributed by atoms with Crippen LogP contribution in [0.5, 0.6) is 11.5 Å². The van der Waals surface area contributed by atoms with Gasteiger partial charge in [-0.15, -0.1) is 0 Å². The van der Waals surface area contributed by atoms with Gasteiger partial charge in [0.15, 0.2) is 16.6 Å². The highest BCUT2D eigenvalue weighted by Gasteiger charge is 2.20. The largest absolute Gasteiger partial charge is 0.600 e. The van der Waals surface area contributed by atoms with Gasteiger partial charge in [-0.1, -0.05) is 48.2 Å². The molecule has 2 aromatic carbocycles. The Morgan fingerprint density at radius 3 is 2.56 bits per heavy atom. The van der Waals surface area contributed by atoms with E-state index in [0.717, 1.165) is 17.3 Å². The fourth-order valence-electron chi connectivity index (χ4n) is 2.33. The number of rotatable bonds is 8. The predicted octanol–water partition coefficient (Wildman–Crippen LogP) is 2.37. The number of hydrogen-bond donors (Lipinski definition) is 2. The van der Waals surface area contributed by atoms with Crippen molar-refractivity contribution in [2.24, 2.45) is 0 Å². The number of ether oxygens (including phenoxy) is 2. The second kappa shape index (κ2) is 9.43. The third kappa shape index (κ3) is 6.06. The lowest BCUT2D eigenvalue weighted by atomic mass is 10.1. The highest BCUT2D eigenvalue weighted by Crippen LogP contribution is 2.35. The Kier molecular flexibility index (Phi) is 7.27. The molecule has 2 unspecified atom stereocenters. The Morgan fingerprint density at radius 1 is 1.24 bits per heavy atom. The van der Waals surface area contributed by atoms with Gasteiger partial charge in [-0.3, -0.25) is 4.79 Å². The Balaban J connectivity index is 2.17. The molecule has 0 spiro atoms. The highest BCUT2D eigenvalue weighted by molar-refractivity contribution is 8.13. The van der Waals surface area contributed by atoms with Crippen LogP contribution in [0.1, 0.15) is 23.3 Å². The number of hydroxylamine groups is 2. The fraction of sp³-hybridized carbons (Fsp3) is 0.278. The average molecular weight is 363 g/mol. The Morgan fingerprint density at radius 2 is 1.96 bits per heavy atom.